The monoisotopic (exact) mass is 335 g/mol. The van der Waals surface area contributed by atoms with E-state index in [4.69, 9.17) is 11.6 Å². The summed E-state index contributed by atoms with van der Waals surface area (Å²) in [6.45, 7) is 0. The van der Waals surface area contributed by atoms with E-state index >= 15 is 0 Å². The molecular weight excluding hydrogens is 328 g/mol. The van der Waals surface area contributed by atoms with Crippen LogP contribution in [0.3, 0.4) is 0 Å². The fourth-order valence-corrected chi connectivity index (χ4v) is 2.53. The number of carbonyl (C=O) groups is 1. The van der Waals surface area contributed by atoms with Crippen LogP contribution in [0.15, 0.2) is 41.2 Å². The summed E-state index contributed by atoms with van der Waals surface area (Å²) < 4.78 is 27.4. The van der Waals surface area contributed by atoms with E-state index in [-0.39, 0.29) is 27.2 Å². The quantitative estimate of drug-likeness (QED) is 0.748. The average molecular weight is 336 g/mol. The Hall–Kier alpha value is -2.73. The molecule has 0 amide bonds. The van der Waals surface area contributed by atoms with Gasteiger partial charge in [0.25, 0.3) is 0 Å². The average Bonchev–Trinajstić information content (AvgIpc) is 2.49. The molecule has 0 fully saturated rings. The predicted octanol–water partition coefficient (Wildman–Crippen LogP) is 3.82. The molecule has 0 saturated heterocycles. The molecule has 0 unspecified atom stereocenters. The summed E-state index contributed by atoms with van der Waals surface area (Å²) in [6.07, 6.45) is 0. The molecule has 1 heterocycles. The summed E-state index contributed by atoms with van der Waals surface area (Å²) in [7, 11) is 0. The maximum absolute atomic E-state index is 14.0. The van der Waals surface area contributed by atoms with E-state index in [1.807, 2.05) is 0 Å². The summed E-state index contributed by atoms with van der Waals surface area (Å²) in [4.78, 5) is 26.6. The van der Waals surface area contributed by atoms with Gasteiger partial charge in [0.05, 0.1) is 5.69 Å². The van der Waals surface area contributed by atoms with Gasteiger partial charge in [-0.15, -0.1) is 0 Å². The lowest BCUT2D eigenvalue weighted by molar-refractivity contribution is 0.0696. The van der Waals surface area contributed by atoms with Gasteiger partial charge in [0.15, 0.2) is 0 Å². The van der Waals surface area contributed by atoms with E-state index in [0.717, 1.165) is 18.2 Å². The highest BCUT2D eigenvalue weighted by Crippen LogP contribution is 2.27. The second kappa shape index (κ2) is 5.48. The third-order valence-corrected chi connectivity index (χ3v) is 3.61. The largest absolute Gasteiger partial charge is 0.477 e. The Kier molecular flexibility index (Phi) is 3.61. The Bertz CT molecular complexity index is 1010. The second-order valence-corrected chi connectivity index (χ2v) is 5.26. The van der Waals surface area contributed by atoms with Gasteiger partial charge in [-0.05, 0) is 36.4 Å². The van der Waals surface area contributed by atoms with Crippen molar-refractivity contribution in [3.63, 3.8) is 0 Å². The van der Waals surface area contributed by atoms with E-state index in [9.17, 15) is 23.5 Å². The summed E-state index contributed by atoms with van der Waals surface area (Å²) in [5.74, 6) is -3.15. The van der Waals surface area contributed by atoms with Crippen LogP contribution in [-0.2, 0) is 0 Å². The Balaban J connectivity index is 2.47. The summed E-state index contributed by atoms with van der Waals surface area (Å²) in [5, 5.41) is 9.63. The fourth-order valence-electron chi connectivity index (χ4n) is 2.35. The van der Waals surface area contributed by atoms with Crippen molar-refractivity contribution in [3.8, 4) is 11.3 Å². The lowest BCUT2D eigenvalue weighted by atomic mass is 10.0. The number of hydrogen-bond acceptors (Lipinski definition) is 2. The Morgan fingerprint density at radius 1 is 1.13 bits per heavy atom. The van der Waals surface area contributed by atoms with Crippen molar-refractivity contribution in [2.75, 3.05) is 0 Å². The first-order chi connectivity index (χ1) is 10.9. The number of aromatic nitrogens is 1. The third kappa shape index (κ3) is 2.57. The summed E-state index contributed by atoms with van der Waals surface area (Å²) in [5.41, 5.74) is -1.87. The predicted molar refractivity (Wildman–Crippen MR) is 81.9 cm³/mol. The molecule has 3 rings (SSSR count). The van der Waals surface area contributed by atoms with Crippen molar-refractivity contribution in [1.82, 2.24) is 4.98 Å². The molecule has 4 nitrogen and oxygen atoms in total. The van der Waals surface area contributed by atoms with Gasteiger partial charge in [0.2, 0.25) is 5.43 Å². The molecule has 1 aromatic heterocycles. The minimum Gasteiger partial charge on any atom is -0.477 e. The molecule has 0 spiro atoms. The van der Waals surface area contributed by atoms with E-state index in [1.165, 1.54) is 18.2 Å². The lowest BCUT2D eigenvalue weighted by Crippen LogP contribution is -2.18. The van der Waals surface area contributed by atoms with Crippen LogP contribution in [0.25, 0.3) is 22.2 Å². The molecule has 0 bridgehead atoms. The molecule has 0 aliphatic carbocycles. The Morgan fingerprint density at radius 3 is 2.57 bits per heavy atom. The molecular formula is C16H8ClF2NO3. The highest BCUT2D eigenvalue weighted by Gasteiger charge is 2.22. The topological polar surface area (TPSA) is 70.2 Å². The summed E-state index contributed by atoms with van der Waals surface area (Å²) >= 11 is 5.82. The number of H-pyrrole nitrogens is 1. The van der Waals surface area contributed by atoms with Crippen LogP contribution >= 0.6 is 11.6 Å². The SMILES string of the molecule is O=C(O)c1c(-c2cc(F)ccc2F)[nH]c2ccc(Cl)cc2c1=O. The normalized spacial score (nSPS) is 10.9. The highest BCUT2D eigenvalue weighted by atomic mass is 35.5. The van der Waals surface area contributed by atoms with Crippen LogP contribution < -0.4 is 5.43 Å². The van der Waals surface area contributed by atoms with E-state index < -0.39 is 28.6 Å². The van der Waals surface area contributed by atoms with E-state index in [0.29, 0.717) is 0 Å². The number of halogens is 3. The first-order valence-corrected chi connectivity index (χ1v) is 6.80. The fraction of sp³-hybridized carbons (Fsp3) is 0. The smallest absolute Gasteiger partial charge is 0.341 e. The number of rotatable bonds is 2. The van der Waals surface area contributed by atoms with Crippen molar-refractivity contribution in [1.29, 1.82) is 0 Å². The molecule has 0 aliphatic rings. The van der Waals surface area contributed by atoms with Crippen LogP contribution in [0.5, 0.6) is 0 Å². The van der Waals surface area contributed by atoms with Gasteiger partial charge in [-0.1, -0.05) is 11.6 Å². The van der Waals surface area contributed by atoms with Crippen LogP contribution in [0.2, 0.25) is 5.02 Å². The van der Waals surface area contributed by atoms with Crippen LogP contribution in [-0.4, -0.2) is 16.1 Å². The molecule has 7 heteroatoms. The number of fused-ring (bicyclic) bond motifs is 1. The molecule has 2 N–H and O–H groups in total. The molecule has 23 heavy (non-hydrogen) atoms. The van der Waals surface area contributed by atoms with Crippen LogP contribution in [0.4, 0.5) is 8.78 Å². The molecule has 0 atom stereocenters. The van der Waals surface area contributed by atoms with Gasteiger partial charge in [-0.25, -0.2) is 13.6 Å². The molecule has 116 valence electrons. The molecule has 2 aromatic carbocycles. The zero-order valence-corrected chi connectivity index (χ0v) is 12.1. The van der Waals surface area contributed by atoms with Gasteiger partial charge >= 0.3 is 5.97 Å². The van der Waals surface area contributed by atoms with Crippen molar-refractivity contribution in [2.45, 2.75) is 0 Å². The number of nitrogens with one attached hydrogen (secondary N) is 1. The number of carboxylic acid groups (broad SMARTS) is 1. The van der Waals surface area contributed by atoms with Gasteiger partial charge in [-0.2, -0.15) is 0 Å². The molecule has 0 radical (unpaired) electrons. The minimum atomic E-state index is -1.55. The standard InChI is InChI=1S/C16H8ClF2NO3/c17-7-1-4-12-10(5-7)15(21)13(16(22)23)14(20-12)9-6-8(18)2-3-11(9)19/h1-6H,(H,20,21)(H,22,23). The van der Waals surface area contributed by atoms with E-state index in [2.05, 4.69) is 4.98 Å². The highest BCUT2D eigenvalue weighted by molar-refractivity contribution is 6.31. The van der Waals surface area contributed by atoms with Crippen LogP contribution in [0, 0.1) is 11.6 Å². The summed E-state index contributed by atoms with van der Waals surface area (Å²) in [6, 6.07) is 6.86. The molecule has 0 aliphatic heterocycles. The third-order valence-electron chi connectivity index (χ3n) is 3.37. The van der Waals surface area contributed by atoms with E-state index in [1.54, 1.807) is 0 Å². The zero-order valence-electron chi connectivity index (χ0n) is 11.4. The van der Waals surface area contributed by atoms with Gasteiger partial charge < -0.3 is 10.1 Å². The van der Waals surface area contributed by atoms with Crippen molar-refractivity contribution < 1.29 is 18.7 Å². The number of hydrogen-bond donors (Lipinski definition) is 2. The van der Waals surface area contributed by atoms with Crippen molar-refractivity contribution in [2.24, 2.45) is 0 Å². The minimum absolute atomic E-state index is 0.0514. The zero-order chi connectivity index (χ0) is 16.7. The Morgan fingerprint density at radius 2 is 1.87 bits per heavy atom. The lowest BCUT2D eigenvalue weighted by Gasteiger charge is -2.10. The number of benzene rings is 2. The first kappa shape index (κ1) is 15.2. The number of aromatic amines is 1. The number of carboxylic acids is 1. The molecule has 3 aromatic rings. The second-order valence-electron chi connectivity index (χ2n) is 4.82. The van der Waals surface area contributed by atoms with Crippen LogP contribution in [0.1, 0.15) is 10.4 Å². The van der Waals surface area contributed by atoms with Crippen molar-refractivity contribution >= 4 is 28.5 Å². The maximum atomic E-state index is 14.0. The first-order valence-electron chi connectivity index (χ1n) is 6.42. The van der Waals surface area contributed by atoms with Gasteiger partial charge in [-0.3, -0.25) is 4.79 Å². The van der Waals surface area contributed by atoms with Gasteiger partial charge in [0, 0.05) is 21.5 Å². The Labute approximate surface area is 133 Å². The maximum Gasteiger partial charge on any atom is 0.341 e. The molecule has 0 saturated carbocycles. The van der Waals surface area contributed by atoms with Crippen molar-refractivity contribution in [3.05, 3.63) is 68.8 Å². The van der Waals surface area contributed by atoms with Gasteiger partial charge in [0.1, 0.15) is 17.2 Å². The number of pyridine rings is 1. The number of aromatic carboxylic acids is 1.